The van der Waals surface area contributed by atoms with Crippen molar-refractivity contribution in [2.45, 2.75) is 26.9 Å². The Morgan fingerprint density at radius 1 is 1.47 bits per heavy atom. The summed E-state index contributed by atoms with van der Waals surface area (Å²) < 4.78 is 28.5. The van der Waals surface area contributed by atoms with Gasteiger partial charge < -0.3 is 4.74 Å². The molecule has 0 saturated carbocycles. The van der Waals surface area contributed by atoms with Gasteiger partial charge >= 0.3 is 6.61 Å². The summed E-state index contributed by atoms with van der Waals surface area (Å²) in [6.07, 6.45) is 0.120. The third-order valence-corrected chi connectivity index (χ3v) is 2.01. The normalized spacial score (nSPS) is 10.5. The van der Waals surface area contributed by atoms with Gasteiger partial charge in [0.15, 0.2) is 0 Å². The van der Waals surface area contributed by atoms with E-state index in [1.165, 1.54) is 13.0 Å². The molecule has 0 N–H and O–H groups in total. The van der Waals surface area contributed by atoms with Crippen LogP contribution in [0.15, 0.2) is 18.2 Å². The summed E-state index contributed by atoms with van der Waals surface area (Å²) in [5.41, 5.74) is 1.31. The van der Waals surface area contributed by atoms with Crippen molar-refractivity contribution in [1.82, 2.24) is 0 Å². The fourth-order valence-electron chi connectivity index (χ4n) is 1.36. The number of alkyl halides is 2. The first-order valence-electron chi connectivity index (χ1n) is 4.53. The van der Waals surface area contributed by atoms with Crippen molar-refractivity contribution in [3.8, 4) is 5.75 Å². The summed E-state index contributed by atoms with van der Waals surface area (Å²) in [6.45, 7) is 0.312. The van der Waals surface area contributed by atoms with Crippen molar-refractivity contribution in [2.24, 2.45) is 0 Å². The number of carbonyl (C=O) groups excluding carboxylic acids is 1. The van der Waals surface area contributed by atoms with Crippen LogP contribution in [0.3, 0.4) is 0 Å². The quantitative estimate of drug-likeness (QED) is 0.770. The zero-order chi connectivity index (χ0) is 11.4. The number of hydrogen-bond donors (Lipinski definition) is 0. The number of ether oxygens (including phenoxy) is 1. The molecule has 0 bridgehead atoms. The molecule has 1 aromatic carbocycles. The molecule has 0 amide bonds. The molecule has 0 heterocycles. The lowest BCUT2D eigenvalue weighted by atomic mass is 10.0. The number of ketones is 1. The van der Waals surface area contributed by atoms with Crippen LogP contribution in [0.2, 0.25) is 0 Å². The number of aryl methyl sites for hydroxylation is 1. The highest BCUT2D eigenvalue weighted by Gasteiger charge is 2.12. The van der Waals surface area contributed by atoms with Crippen molar-refractivity contribution >= 4 is 5.78 Å². The number of halogens is 2. The second kappa shape index (κ2) is 4.87. The summed E-state index contributed by atoms with van der Waals surface area (Å²) in [5.74, 6) is 0.00335. The first kappa shape index (κ1) is 11.6. The van der Waals surface area contributed by atoms with E-state index in [0.717, 1.165) is 5.56 Å². The Kier molecular flexibility index (Phi) is 3.77. The number of hydrogen-bond acceptors (Lipinski definition) is 2. The van der Waals surface area contributed by atoms with Crippen LogP contribution in [-0.2, 0) is 11.2 Å². The predicted octanol–water partition coefficient (Wildman–Crippen LogP) is 2.73. The van der Waals surface area contributed by atoms with Crippen LogP contribution in [0.25, 0.3) is 0 Å². The summed E-state index contributed by atoms with van der Waals surface area (Å²) >= 11 is 0. The standard InChI is InChI=1S/C11H12F2O2/c1-7-4-3-5-10(15-11(12)13)9(7)6-8(2)14/h3-5,11H,6H2,1-2H3. The van der Waals surface area contributed by atoms with Gasteiger partial charge in [-0.25, -0.2) is 0 Å². The predicted molar refractivity (Wildman–Crippen MR) is 52.2 cm³/mol. The zero-order valence-corrected chi connectivity index (χ0v) is 8.59. The third kappa shape index (κ3) is 3.31. The lowest BCUT2D eigenvalue weighted by Crippen LogP contribution is -2.07. The van der Waals surface area contributed by atoms with E-state index in [4.69, 9.17) is 0 Å². The van der Waals surface area contributed by atoms with Crippen molar-refractivity contribution < 1.29 is 18.3 Å². The minimum absolute atomic E-state index is 0.0802. The maximum absolute atomic E-state index is 12.1. The van der Waals surface area contributed by atoms with E-state index in [1.54, 1.807) is 19.1 Å². The number of rotatable bonds is 4. The molecule has 15 heavy (non-hydrogen) atoms. The Labute approximate surface area is 86.9 Å². The van der Waals surface area contributed by atoms with Crippen molar-refractivity contribution in [2.75, 3.05) is 0 Å². The van der Waals surface area contributed by atoms with Gasteiger partial charge in [0.05, 0.1) is 0 Å². The largest absolute Gasteiger partial charge is 0.435 e. The molecule has 0 atom stereocenters. The average Bonchev–Trinajstić information content (AvgIpc) is 2.09. The molecular weight excluding hydrogens is 202 g/mol. The molecule has 2 nitrogen and oxygen atoms in total. The summed E-state index contributed by atoms with van der Waals surface area (Å²) in [6, 6.07) is 4.82. The third-order valence-electron chi connectivity index (χ3n) is 2.01. The smallest absolute Gasteiger partial charge is 0.387 e. The second-order valence-corrected chi connectivity index (χ2v) is 3.31. The second-order valence-electron chi connectivity index (χ2n) is 3.31. The van der Waals surface area contributed by atoms with Crippen molar-refractivity contribution in [1.29, 1.82) is 0 Å². The maximum Gasteiger partial charge on any atom is 0.387 e. The SMILES string of the molecule is CC(=O)Cc1c(C)cccc1OC(F)F. The van der Waals surface area contributed by atoms with Gasteiger partial charge in [-0.2, -0.15) is 8.78 Å². The van der Waals surface area contributed by atoms with Gasteiger partial charge in [-0.05, 0) is 25.5 Å². The minimum atomic E-state index is -2.86. The highest BCUT2D eigenvalue weighted by atomic mass is 19.3. The van der Waals surface area contributed by atoms with E-state index in [1.807, 2.05) is 0 Å². The topological polar surface area (TPSA) is 26.3 Å². The Hall–Kier alpha value is -1.45. The molecule has 0 radical (unpaired) electrons. The molecular formula is C11H12F2O2. The maximum atomic E-state index is 12.1. The molecule has 0 aliphatic rings. The molecule has 0 saturated heterocycles. The van der Waals surface area contributed by atoms with Crippen LogP contribution < -0.4 is 4.74 Å². The zero-order valence-electron chi connectivity index (χ0n) is 8.59. The Morgan fingerprint density at radius 3 is 2.67 bits per heavy atom. The number of Topliss-reactive ketones (excluding diaryl/α,β-unsaturated/α-hetero) is 1. The fraction of sp³-hybridized carbons (Fsp3) is 0.364. The Bertz CT molecular complexity index is 362. The first-order valence-corrected chi connectivity index (χ1v) is 4.53. The van der Waals surface area contributed by atoms with Gasteiger partial charge in [-0.1, -0.05) is 12.1 Å². The first-order chi connectivity index (χ1) is 7.00. The number of carbonyl (C=O) groups is 1. The molecule has 0 aliphatic heterocycles. The fourth-order valence-corrected chi connectivity index (χ4v) is 1.36. The minimum Gasteiger partial charge on any atom is -0.435 e. The van der Waals surface area contributed by atoms with E-state index in [-0.39, 0.29) is 18.0 Å². The van der Waals surface area contributed by atoms with Gasteiger partial charge in [-0.15, -0.1) is 0 Å². The van der Waals surface area contributed by atoms with E-state index >= 15 is 0 Å². The van der Waals surface area contributed by atoms with Crippen LogP contribution in [-0.4, -0.2) is 12.4 Å². The molecule has 0 fully saturated rings. The molecule has 1 aromatic rings. The van der Waals surface area contributed by atoms with E-state index in [9.17, 15) is 13.6 Å². The molecule has 4 heteroatoms. The van der Waals surface area contributed by atoms with E-state index in [0.29, 0.717) is 5.56 Å². The van der Waals surface area contributed by atoms with Gasteiger partial charge in [-0.3, -0.25) is 4.79 Å². The van der Waals surface area contributed by atoms with Crippen molar-refractivity contribution in [3.05, 3.63) is 29.3 Å². The van der Waals surface area contributed by atoms with Crippen LogP contribution in [0.4, 0.5) is 8.78 Å². The molecule has 0 aliphatic carbocycles. The highest BCUT2D eigenvalue weighted by Crippen LogP contribution is 2.24. The monoisotopic (exact) mass is 214 g/mol. The Balaban J connectivity index is 3.02. The van der Waals surface area contributed by atoms with Crippen LogP contribution in [0.5, 0.6) is 5.75 Å². The van der Waals surface area contributed by atoms with Gasteiger partial charge in [0.25, 0.3) is 0 Å². The van der Waals surface area contributed by atoms with Gasteiger partial charge in [0, 0.05) is 12.0 Å². The lowest BCUT2D eigenvalue weighted by molar-refractivity contribution is -0.116. The number of benzene rings is 1. The van der Waals surface area contributed by atoms with Crippen LogP contribution >= 0.6 is 0 Å². The Morgan fingerprint density at radius 2 is 2.13 bits per heavy atom. The molecule has 82 valence electrons. The average molecular weight is 214 g/mol. The van der Waals surface area contributed by atoms with Crippen LogP contribution in [0, 0.1) is 6.92 Å². The molecule has 0 unspecified atom stereocenters. The van der Waals surface area contributed by atoms with E-state index in [2.05, 4.69) is 4.74 Å². The van der Waals surface area contributed by atoms with Crippen LogP contribution in [0.1, 0.15) is 18.1 Å². The van der Waals surface area contributed by atoms with Gasteiger partial charge in [0.2, 0.25) is 0 Å². The molecule has 0 spiro atoms. The summed E-state index contributed by atoms with van der Waals surface area (Å²) in [7, 11) is 0. The van der Waals surface area contributed by atoms with E-state index < -0.39 is 6.61 Å². The van der Waals surface area contributed by atoms with Gasteiger partial charge in [0.1, 0.15) is 11.5 Å². The lowest BCUT2D eigenvalue weighted by Gasteiger charge is -2.11. The van der Waals surface area contributed by atoms with Crippen molar-refractivity contribution in [3.63, 3.8) is 0 Å². The summed E-state index contributed by atoms with van der Waals surface area (Å²) in [5, 5.41) is 0. The highest BCUT2D eigenvalue weighted by molar-refractivity contribution is 5.79. The molecule has 1 rings (SSSR count). The molecule has 0 aromatic heterocycles. The summed E-state index contributed by atoms with van der Waals surface area (Å²) in [4.78, 5) is 11.0.